The van der Waals surface area contributed by atoms with Gasteiger partial charge in [0, 0.05) is 50.9 Å². The zero-order chi connectivity index (χ0) is 30.9. The number of nitrogens with zero attached hydrogens (tertiary/aromatic N) is 2. The normalized spacial score (nSPS) is 18.1. The Morgan fingerprint density at radius 2 is 1.12 bits per heavy atom. The summed E-state index contributed by atoms with van der Waals surface area (Å²) in [6.45, 7) is 4.68. The Bertz CT molecular complexity index is 1530. The quantitative estimate of drug-likeness (QED) is 0.350. The van der Waals surface area contributed by atoms with Crippen molar-refractivity contribution in [2.24, 2.45) is 0 Å². The molecule has 2 fully saturated rings. The van der Waals surface area contributed by atoms with E-state index in [-0.39, 0.29) is 34.2 Å². The van der Waals surface area contributed by atoms with Gasteiger partial charge in [-0.25, -0.2) is 16.8 Å². The van der Waals surface area contributed by atoms with Crippen LogP contribution < -0.4 is 10.6 Å². The lowest BCUT2D eigenvalue weighted by Crippen LogP contribution is -2.40. The number of amides is 2. The van der Waals surface area contributed by atoms with E-state index in [1.807, 2.05) is 0 Å². The fourth-order valence-electron chi connectivity index (χ4n) is 4.37. The topological polar surface area (TPSA) is 151 Å². The molecule has 2 aromatic rings. The zero-order valence-corrected chi connectivity index (χ0v) is 25.5. The van der Waals surface area contributed by atoms with Gasteiger partial charge in [-0.2, -0.15) is 8.61 Å². The van der Waals surface area contributed by atoms with E-state index < -0.39 is 20.0 Å². The number of ether oxygens (including phenoxy) is 2. The highest BCUT2D eigenvalue weighted by Gasteiger charge is 2.27. The third-order valence-corrected chi connectivity index (χ3v) is 10.6. The summed E-state index contributed by atoms with van der Waals surface area (Å²) in [7, 11) is -7.17. The summed E-state index contributed by atoms with van der Waals surface area (Å²) in [5, 5.41) is 5.47. The largest absolute Gasteiger partial charge is 0.379 e. The number of hydrogen-bond acceptors (Lipinski definition) is 8. The molecule has 0 radical (unpaired) electrons. The maximum Gasteiger partial charge on any atom is 0.244 e. The first-order valence-electron chi connectivity index (χ1n) is 13.9. The number of carbonyl (C=O) groups is 2. The molecule has 0 saturated carbocycles. The third kappa shape index (κ3) is 9.05. The first kappa shape index (κ1) is 32.5. The Morgan fingerprint density at radius 1 is 0.721 bits per heavy atom. The van der Waals surface area contributed by atoms with Gasteiger partial charge in [0.1, 0.15) is 0 Å². The number of morpholine rings is 2. The lowest BCUT2D eigenvalue weighted by atomic mass is 10.2. The summed E-state index contributed by atoms with van der Waals surface area (Å²) in [5.41, 5.74) is 1.32. The number of rotatable bonds is 11. The van der Waals surface area contributed by atoms with Crippen LogP contribution in [0.3, 0.4) is 0 Å². The molecule has 1 atom stereocenters. The van der Waals surface area contributed by atoms with E-state index in [4.69, 9.17) is 9.47 Å². The van der Waals surface area contributed by atoms with Crippen molar-refractivity contribution in [3.63, 3.8) is 0 Å². The van der Waals surface area contributed by atoms with Gasteiger partial charge in [-0.05, 0) is 54.5 Å². The summed E-state index contributed by atoms with van der Waals surface area (Å²) in [6, 6.07) is 12.2. The van der Waals surface area contributed by atoms with Crippen molar-refractivity contribution in [3.05, 3.63) is 71.8 Å². The van der Waals surface area contributed by atoms with Crippen LogP contribution in [-0.2, 0) is 39.1 Å². The molecular formula is C29H36N4O8S2. The lowest BCUT2D eigenvalue weighted by molar-refractivity contribution is -0.118. The molecule has 0 aromatic heterocycles. The van der Waals surface area contributed by atoms with Gasteiger partial charge < -0.3 is 20.1 Å². The minimum atomic E-state index is -3.59. The van der Waals surface area contributed by atoms with Gasteiger partial charge in [0.25, 0.3) is 0 Å². The molecule has 2 saturated heterocycles. The number of hydrogen-bond donors (Lipinski definition) is 2. The Labute approximate surface area is 252 Å². The van der Waals surface area contributed by atoms with Crippen LogP contribution in [0.1, 0.15) is 18.1 Å². The molecule has 2 amide bonds. The molecule has 0 bridgehead atoms. The highest BCUT2D eigenvalue weighted by Crippen LogP contribution is 2.19. The van der Waals surface area contributed by atoms with Gasteiger partial charge in [-0.1, -0.05) is 24.3 Å². The standard InChI is InChI=1S/C29H36N4O8S2/c1-23(31-29(35)13-7-25-4-10-27(11-5-25)43(38,39)33-16-20-41-21-17-33)22-30-28(34)12-6-24-2-8-26(9-3-24)42(36,37)32-14-18-40-19-15-32/h2-13,23H,14-22H2,1H3,(H,30,34)(H,31,35). The van der Waals surface area contributed by atoms with Crippen LogP contribution >= 0.6 is 0 Å². The second kappa shape index (κ2) is 14.9. The van der Waals surface area contributed by atoms with Gasteiger partial charge in [0.2, 0.25) is 31.9 Å². The highest BCUT2D eigenvalue weighted by atomic mass is 32.2. The monoisotopic (exact) mass is 632 g/mol. The van der Waals surface area contributed by atoms with E-state index in [0.29, 0.717) is 63.7 Å². The minimum Gasteiger partial charge on any atom is -0.379 e. The van der Waals surface area contributed by atoms with Crippen molar-refractivity contribution in [1.29, 1.82) is 0 Å². The van der Waals surface area contributed by atoms with Gasteiger partial charge in [-0.15, -0.1) is 0 Å². The van der Waals surface area contributed by atoms with Crippen LogP contribution in [-0.4, -0.2) is 102 Å². The summed E-state index contributed by atoms with van der Waals surface area (Å²) in [5.74, 6) is -0.733. The Kier molecular flexibility index (Phi) is 11.2. The van der Waals surface area contributed by atoms with E-state index in [1.165, 1.54) is 45.0 Å². The molecule has 0 spiro atoms. The van der Waals surface area contributed by atoms with Crippen molar-refractivity contribution >= 4 is 44.0 Å². The van der Waals surface area contributed by atoms with Crippen LogP contribution in [0.2, 0.25) is 0 Å². The van der Waals surface area contributed by atoms with E-state index in [0.717, 1.165) is 0 Å². The molecule has 0 aliphatic carbocycles. The molecule has 232 valence electrons. The zero-order valence-electron chi connectivity index (χ0n) is 23.8. The second-order valence-corrected chi connectivity index (χ2v) is 13.9. The van der Waals surface area contributed by atoms with E-state index in [1.54, 1.807) is 43.3 Å². The summed E-state index contributed by atoms with van der Waals surface area (Å²) in [4.78, 5) is 24.9. The Morgan fingerprint density at radius 3 is 1.53 bits per heavy atom. The Balaban J connectivity index is 1.20. The van der Waals surface area contributed by atoms with Gasteiger partial charge in [-0.3, -0.25) is 9.59 Å². The van der Waals surface area contributed by atoms with Gasteiger partial charge >= 0.3 is 0 Å². The van der Waals surface area contributed by atoms with Gasteiger partial charge in [0.05, 0.1) is 36.2 Å². The number of benzene rings is 2. The van der Waals surface area contributed by atoms with E-state index >= 15 is 0 Å². The molecule has 12 nitrogen and oxygen atoms in total. The van der Waals surface area contributed by atoms with Crippen LogP contribution in [0.5, 0.6) is 0 Å². The average molecular weight is 633 g/mol. The SMILES string of the molecule is CC(CNC(=O)C=Cc1ccc(S(=O)(=O)N2CCOCC2)cc1)NC(=O)C=Cc1ccc(S(=O)(=O)N2CCOCC2)cc1. The number of sulfonamides is 2. The van der Waals surface area contributed by atoms with E-state index in [2.05, 4.69) is 10.6 Å². The van der Waals surface area contributed by atoms with Crippen LogP contribution in [0.15, 0.2) is 70.5 Å². The highest BCUT2D eigenvalue weighted by molar-refractivity contribution is 7.89. The van der Waals surface area contributed by atoms with Crippen LogP contribution in [0, 0.1) is 0 Å². The molecule has 1 unspecified atom stereocenters. The Hall–Kier alpha value is -3.40. The molecule has 2 N–H and O–H groups in total. The molecule has 2 heterocycles. The third-order valence-electron chi connectivity index (χ3n) is 6.80. The summed E-state index contributed by atoms with van der Waals surface area (Å²) in [6.07, 6.45) is 5.82. The molecule has 2 aromatic carbocycles. The van der Waals surface area contributed by atoms with Crippen molar-refractivity contribution in [2.75, 3.05) is 59.2 Å². The predicted molar refractivity (Wildman–Crippen MR) is 161 cm³/mol. The van der Waals surface area contributed by atoms with E-state index in [9.17, 15) is 26.4 Å². The predicted octanol–water partition coefficient (Wildman–Crippen LogP) is 1.08. The van der Waals surface area contributed by atoms with Crippen molar-refractivity contribution in [3.8, 4) is 0 Å². The molecule has 14 heteroatoms. The molecule has 2 aliphatic rings. The van der Waals surface area contributed by atoms with Gasteiger partial charge in [0.15, 0.2) is 0 Å². The molecule has 2 aliphatic heterocycles. The van der Waals surface area contributed by atoms with Crippen molar-refractivity contribution in [1.82, 2.24) is 19.2 Å². The second-order valence-electron chi connectivity index (χ2n) is 9.99. The maximum atomic E-state index is 12.7. The summed E-state index contributed by atoms with van der Waals surface area (Å²) >= 11 is 0. The number of carbonyl (C=O) groups excluding carboxylic acids is 2. The van der Waals surface area contributed by atoms with Crippen LogP contribution in [0.4, 0.5) is 0 Å². The maximum absolute atomic E-state index is 12.7. The number of nitrogens with one attached hydrogen (secondary N) is 2. The lowest BCUT2D eigenvalue weighted by Gasteiger charge is -2.26. The van der Waals surface area contributed by atoms with Crippen molar-refractivity contribution < 1.29 is 35.9 Å². The molecule has 43 heavy (non-hydrogen) atoms. The van der Waals surface area contributed by atoms with Crippen LogP contribution in [0.25, 0.3) is 12.2 Å². The smallest absolute Gasteiger partial charge is 0.244 e. The molecule has 4 rings (SSSR count). The first-order chi connectivity index (χ1) is 20.6. The minimum absolute atomic E-state index is 0.183. The van der Waals surface area contributed by atoms with Crippen molar-refractivity contribution in [2.45, 2.75) is 22.8 Å². The average Bonchev–Trinajstić information content (AvgIpc) is 3.03. The summed E-state index contributed by atoms with van der Waals surface area (Å²) < 4.78 is 64.1. The first-order valence-corrected chi connectivity index (χ1v) is 16.7. The fourth-order valence-corrected chi connectivity index (χ4v) is 7.19. The molecular weight excluding hydrogens is 596 g/mol. The fraction of sp³-hybridized carbons (Fsp3) is 0.379.